The Morgan fingerprint density at radius 1 is 1.08 bits per heavy atom. The Labute approximate surface area is 149 Å². The van der Waals surface area contributed by atoms with Gasteiger partial charge in [0.25, 0.3) is 5.91 Å². The molecule has 25 heavy (non-hydrogen) atoms. The Hall–Kier alpha value is -2.92. The molecular weight excluding hydrogens is 330 g/mol. The lowest BCUT2D eigenvalue weighted by Crippen LogP contribution is -2.11. The molecule has 4 aromatic rings. The summed E-state index contributed by atoms with van der Waals surface area (Å²) in [4.78, 5) is 20.2. The first-order valence-corrected chi connectivity index (χ1v) is 8.91. The molecule has 0 radical (unpaired) electrons. The number of H-pyrrole nitrogens is 1. The number of para-hydroxylation sites is 1. The predicted molar refractivity (Wildman–Crippen MR) is 103 cm³/mol. The molecule has 0 saturated heterocycles. The molecule has 2 aromatic heterocycles. The number of carbonyl (C=O) groups excluding carboxylic acids is 1. The average molecular weight is 347 g/mol. The molecule has 0 fully saturated rings. The van der Waals surface area contributed by atoms with E-state index >= 15 is 0 Å². The molecule has 0 saturated carbocycles. The Balaban J connectivity index is 1.59. The number of benzene rings is 2. The fourth-order valence-corrected chi connectivity index (χ4v) is 3.72. The average Bonchev–Trinajstić information content (AvgIpc) is 3.21. The third kappa shape index (κ3) is 2.94. The SMILES string of the molecule is Cc1cccc(C)c1-c1csc(NC(=O)c2cc3ccccc3[nH]2)n1. The van der Waals surface area contributed by atoms with Crippen molar-refractivity contribution < 1.29 is 4.79 Å². The van der Waals surface area contributed by atoms with E-state index in [1.54, 1.807) is 0 Å². The largest absolute Gasteiger partial charge is 0.351 e. The van der Waals surface area contributed by atoms with Crippen LogP contribution in [0.2, 0.25) is 0 Å². The minimum absolute atomic E-state index is 0.182. The van der Waals surface area contributed by atoms with Crippen molar-refractivity contribution >= 4 is 33.3 Å². The van der Waals surface area contributed by atoms with Crippen molar-refractivity contribution in [3.8, 4) is 11.3 Å². The molecule has 4 rings (SSSR count). The van der Waals surface area contributed by atoms with Crippen molar-refractivity contribution in [3.63, 3.8) is 0 Å². The van der Waals surface area contributed by atoms with Crippen molar-refractivity contribution in [1.82, 2.24) is 9.97 Å². The molecule has 0 bridgehead atoms. The number of aromatic nitrogens is 2. The summed E-state index contributed by atoms with van der Waals surface area (Å²) < 4.78 is 0. The minimum Gasteiger partial charge on any atom is -0.351 e. The first-order valence-electron chi connectivity index (χ1n) is 8.03. The lowest BCUT2D eigenvalue weighted by Gasteiger charge is -2.06. The fraction of sp³-hybridized carbons (Fsp3) is 0.100. The number of carbonyl (C=O) groups is 1. The second kappa shape index (κ2) is 6.18. The number of nitrogens with one attached hydrogen (secondary N) is 2. The van der Waals surface area contributed by atoms with E-state index in [1.807, 2.05) is 41.8 Å². The van der Waals surface area contributed by atoms with E-state index in [0.717, 1.165) is 22.2 Å². The zero-order valence-corrected chi connectivity index (χ0v) is 14.8. The van der Waals surface area contributed by atoms with Crippen LogP contribution in [0.1, 0.15) is 21.6 Å². The van der Waals surface area contributed by atoms with Gasteiger partial charge in [-0.05, 0) is 37.1 Å². The summed E-state index contributed by atoms with van der Waals surface area (Å²) in [5.74, 6) is -0.182. The zero-order valence-electron chi connectivity index (χ0n) is 14.0. The highest BCUT2D eigenvalue weighted by Crippen LogP contribution is 2.30. The maximum absolute atomic E-state index is 12.5. The van der Waals surface area contributed by atoms with Gasteiger partial charge in [-0.2, -0.15) is 0 Å². The molecule has 124 valence electrons. The summed E-state index contributed by atoms with van der Waals surface area (Å²) in [5, 5.41) is 6.48. The van der Waals surface area contributed by atoms with Crippen LogP contribution in [0.15, 0.2) is 53.9 Å². The zero-order chi connectivity index (χ0) is 17.4. The topological polar surface area (TPSA) is 57.8 Å². The van der Waals surface area contributed by atoms with Crippen LogP contribution in [-0.2, 0) is 0 Å². The van der Waals surface area contributed by atoms with Gasteiger partial charge in [-0.25, -0.2) is 4.98 Å². The number of nitrogens with zero attached hydrogens (tertiary/aromatic N) is 1. The summed E-state index contributed by atoms with van der Waals surface area (Å²) in [7, 11) is 0. The maximum atomic E-state index is 12.5. The van der Waals surface area contributed by atoms with Gasteiger partial charge in [0.15, 0.2) is 5.13 Å². The molecule has 0 unspecified atom stereocenters. The van der Waals surface area contributed by atoms with Crippen LogP contribution in [0.25, 0.3) is 22.2 Å². The first-order chi connectivity index (χ1) is 12.1. The van der Waals surface area contributed by atoms with Crippen molar-refractivity contribution in [3.05, 3.63) is 70.7 Å². The molecular formula is C20H17N3OS. The minimum atomic E-state index is -0.182. The van der Waals surface area contributed by atoms with Crippen LogP contribution >= 0.6 is 11.3 Å². The van der Waals surface area contributed by atoms with Crippen molar-refractivity contribution in [2.45, 2.75) is 13.8 Å². The monoisotopic (exact) mass is 347 g/mol. The third-order valence-corrected chi connectivity index (χ3v) is 4.99. The number of hydrogen-bond donors (Lipinski definition) is 2. The standard InChI is InChI=1S/C20H17N3OS/c1-12-6-5-7-13(2)18(12)17-11-25-20(22-17)23-19(24)16-10-14-8-3-4-9-15(14)21-16/h3-11,21H,1-2H3,(H,22,23,24). The Morgan fingerprint density at radius 2 is 1.84 bits per heavy atom. The Kier molecular flexibility index (Phi) is 3.86. The summed E-state index contributed by atoms with van der Waals surface area (Å²) in [6.45, 7) is 4.15. The summed E-state index contributed by atoms with van der Waals surface area (Å²) in [6, 6.07) is 15.9. The van der Waals surface area contributed by atoms with Crippen LogP contribution in [-0.4, -0.2) is 15.9 Å². The molecule has 0 aliphatic carbocycles. The van der Waals surface area contributed by atoms with Crippen molar-refractivity contribution in [2.24, 2.45) is 0 Å². The van der Waals surface area contributed by atoms with Gasteiger partial charge in [0, 0.05) is 21.8 Å². The molecule has 0 aliphatic heterocycles. The van der Waals surface area contributed by atoms with Gasteiger partial charge in [-0.1, -0.05) is 36.4 Å². The number of rotatable bonds is 3. The van der Waals surface area contributed by atoms with Crippen LogP contribution in [0.3, 0.4) is 0 Å². The second-order valence-electron chi connectivity index (χ2n) is 6.03. The molecule has 2 N–H and O–H groups in total. The van der Waals surface area contributed by atoms with E-state index in [9.17, 15) is 4.79 Å². The van der Waals surface area contributed by atoms with E-state index in [-0.39, 0.29) is 5.91 Å². The number of hydrogen-bond acceptors (Lipinski definition) is 3. The molecule has 2 heterocycles. The molecule has 0 atom stereocenters. The lowest BCUT2D eigenvalue weighted by atomic mass is 10.0. The van der Waals surface area contributed by atoms with Crippen molar-refractivity contribution in [2.75, 3.05) is 5.32 Å². The van der Waals surface area contributed by atoms with Gasteiger partial charge in [0.1, 0.15) is 5.69 Å². The van der Waals surface area contributed by atoms with Crippen LogP contribution in [0.4, 0.5) is 5.13 Å². The summed E-state index contributed by atoms with van der Waals surface area (Å²) in [5.41, 5.74) is 5.86. The smallest absolute Gasteiger partial charge is 0.273 e. The summed E-state index contributed by atoms with van der Waals surface area (Å²) in [6.07, 6.45) is 0. The van der Waals surface area contributed by atoms with E-state index in [2.05, 4.69) is 41.3 Å². The normalized spacial score (nSPS) is 11.0. The number of aromatic amines is 1. The molecule has 0 spiro atoms. The number of anilines is 1. The maximum Gasteiger partial charge on any atom is 0.273 e. The van der Waals surface area contributed by atoms with Crippen LogP contribution in [0, 0.1) is 13.8 Å². The van der Waals surface area contributed by atoms with Gasteiger partial charge >= 0.3 is 0 Å². The number of thiazole rings is 1. The number of amides is 1. The summed E-state index contributed by atoms with van der Waals surface area (Å²) >= 11 is 1.43. The lowest BCUT2D eigenvalue weighted by molar-refractivity contribution is 0.102. The highest BCUT2D eigenvalue weighted by molar-refractivity contribution is 7.14. The molecule has 1 amide bonds. The van der Waals surface area contributed by atoms with Gasteiger partial charge in [0.2, 0.25) is 0 Å². The molecule has 5 heteroatoms. The first kappa shape index (κ1) is 15.6. The van der Waals surface area contributed by atoms with Gasteiger partial charge in [0.05, 0.1) is 5.69 Å². The highest BCUT2D eigenvalue weighted by Gasteiger charge is 2.14. The Bertz CT molecular complexity index is 1020. The number of fused-ring (bicyclic) bond motifs is 1. The van der Waals surface area contributed by atoms with E-state index < -0.39 is 0 Å². The van der Waals surface area contributed by atoms with E-state index in [0.29, 0.717) is 10.8 Å². The molecule has 4 nitrogen and oxygen atoms in total. The van der Waals surface area contributed by atoms with E-state index in [4.69, 9.17) is 0 Å². The molecule has 2 aromatic carbocycles. The van der Waals surface area contributed by atoms with Gasteiger partial charge < -0.3 is 4.98 Å². The quantitative estimate of drug-likeness (QED) is 0.538. The van der Waals surface area contributed by atoms with E-state index in [1.165, 1.54) is 22.5 Å². The predicted octanol–water partition coefficient (Wildman–Crippen LogP) is 5.16. The molecule has 0 aliphatic rings. The van der Waals surface area contributed by atoms with Crippen LogP contribution < -0.4 is 5.32 Å². The fourth-order valence-electron chi connectivity index (χ4n) is 3.02. The Morgan fingerprint density at radius 3 is 2.60 bits per heavy atom. The number of aryl methyl sites for hydroxylation is 2. The van der Waals surface area contributed by atoms with Gasteiger partial charge in [-0.15, -0.1) is 11.3 Å². The van der Waals surface area contributed by atoms with Crippen LogP contribution in [0.5, 0.6) is 0 Å². The second-order valence-corrected chi connectivity index (χ2v) is 6.89. The third-order valence-electron chi connectivity index (χ3n) is 4.24. The van der Waals surface area contributed by atoms with Gasteiger partial charge in [-0.3, -0.25) is 10.1 Å². The van der Waals surface area contributed by atoms with Crippen molar-refractivity contribution in [1.29, 1.82) is 0 Å². The highest BCUT2D eigenvalue weighted by atomic mass is 32.1.